The Bertz CT molecular complexity index is 385. The van der Waals surface area contributed by atoms with Gasteiger partial charge in [0.15, 0.2) is 0 Å². The van der Waals surface area contributed by atoms with Crippen molar-refractivity contribution in [3.05, 3.63) is 11.9 Å². The highest BCUT2D eigenvalue weighted by Crippen LogP contribution is 2.30. The average Bonchev–Trinajstić information content (AvgIpc) is 2.39. The molecule has 0 amide bonds. The van der Waals surface area contributed by atoms with Crippen LogP contribution in [0.2, 0.25) is 0 Å². The molecule has 100 valence electrons. The van der Waals surface area contributed by atoms with Crippen LogP contribution in [-0.4, -0.2) is 42.7 Å². The lowest BCUT2D eigenvalue weighted by Crippen LogP contribution is -2.44. The SMILES string of the molecule is CCNc1ncnc(N2CCNCC2)c1C(C)C. The Balaban J connectivity index is 2.35. The minimum Gasteiger partial charge on any atom is -0.370 e. The summed E-state index contributed by atoms with van der Waals surface area (Å²) in [5.74, 6) is 2.50. The molecule has 0 radical (unpaired) electrons. The van der Waals surface area contributed by atoms with Crippen LogP contribution in [0.25, 0.3) is 0 Å². The summed E-state index contributed by atoms with van der Waals surface area (Å²) in [5, 5.41) is 6.72. The molecule has 0 spiro atoms. The molecule has 18 heavy (non-hydrogen) atoms. The Morgan fingerprint density at radius 1 is 1.33 bits per heavy atom. The first-order chi connectivity index (χ1) is 8.74. The second-order valence-electron chi connectivity index (χ2n) is 4.88. The van der Waals surface area contributed by atoms with Crippen LogP contribution < -0.4 is 15.5 Å². The largest absolute Gasteiger partial charge is 0.370 e. The van der Waals surface area contributed by atoms with E-state index < -0.39 is 0 Å². The monoisotopic (exact) mass is 249 g/mol. The van der Waals surface area contributed by atoms with E-state index >= 15 is 0 Å². The van der Waals surface area contributed by atoms with E-state index in [1.54, 1.807) is 6.33 Å². The lowest BCUT2D eigenvalue weighted by Gasteiger charge is -2.31. The summed E-state index contributed by atoms with van der Waals surface area (Å²) in [6.45, 7) is 11.5. The Hall–Kier alpha value is -1.36. The molecule has 0 atom stereocenters. The highest BCUT2D eigenvalue weighted by Gasteiger charge is 2.20. The van der Waals surface area contributed by atoms with Crippen molar-refractivity contribution < 1.29 is 0 Å². The average molecular weight is 249 g/mol. The highest BCUT2D eigenvalue weighted by molar-refractivity contribution is 5.60. The zero-order chi connectivity index (χ0) is 13.0. The van der Waals surface area contributed by atoms with Crippen molar-refractivity contribution in [3.63, 3.8) is 0 Å². The maximum absolute atomic E-state index is 4.51. The number of rotatable bonds is 4. The van der Waals surface area contributed by atoms with Crippen molar-refractivity contribution >= 4 is 11.6 Å². The first-order valence-corrected chi connectivity index (χ1v) is 6.78. The lowest BCUT2D eigenvalue weighted by molar-refractivity contribution is 0.581. The van der Waals surface area contributed by atoms with Crippen molar-refractivity contribution in [2.45, 2.75) is 26.7 Å². The fourth-order valence-corrected chi connectivity index (χ4v) is 2.35. The van der Waals surface area contributed by atoms with E-state index in [2.05, 4.69) is 46.3 Å². The number of nitrogens with one attached hydrogen (secondary N) is 2. The van der Waals surface area contributed by atoms with Gasteiger partial charge in [0, 0.05) is 38.3 Å². The minimum absolute atomic E-state index is 0.421. The molecule has 1 aromatic rings. The molecule has 5 nitrogen and oxygen atoms in total. The highest BCUT2D eigenvalue weighted by atomic mass is 15.2. The van der Waals surface area contributed by atoms with Gasteiger partial charge in [0.25, 0.3) is 0 Å². The molecule has 1 aromatic heterocycles. The first-order valence-electron chi connectivity index (χ1n) is 6.78. The predicted molar refractivity (Wildman–Crippen MR) is 75.4 cm³/mol. The van der Waals surface area contributed by atoms with Crippen molar-refractivity contribution in [1.82, 2.24) is 15.3 Å². The first kappa shape index (κ1) is 13.1. The number of hydrogen-bond donors (Lipinski definition) is 2. The second-order valence-corrected chi connectivity index (χ2v) is 4.88. The summed E-state index contributed by atoms with van der Waals surface area (Å²) in [4.78, 5) is 11.2. The van der Waals surface area contributed by atoms with Gasteiger partial charge < -0.3 is 15.5 Å². The van der Waals surface area contributed by atoms with Gasteiger partial charge >= 0.3 is 0 Å². The molecule has 0 bridgehead atoms. The van der Waals surface area contributed by atoms with E-state index in [1.807, 2.05) is 0 Å². The maximum Gasteiger partial charge on any atom is 0.137 e. The third-order valence-corrected chi connectivity index (χ3v) is 3.20. The molecule has 1 aliphatic heterocycles. The van der Waals surface area contributed by atoms with Crippen LogP contribution in [0.3, 0.4) is 0 Å². The molecule has 1 fully saturated rings. The minimum atomic E-state index is 0.421. The lowest BCUT2D eigenvalue weighted by atomic mass is 10.0. The normalized spacial score (nSPS) is 16.1. The van der Waals surface area contributed by atoms with Crippen LogP contribution in [0.15, 0.2) is 6.33 Å². The second kappa shape index (κ2) is 6.00. The van der Waals surface area contributed by atoms with E-state index in [-0.39, 0.29) is 0 Å². The molecular weight excluding hydrogens is 226 g/mol. The number of nitrogens with zero attached hydrogens (tertiary/aromatic N) is 3. The van der Waals surface area contributed by atoms with Gasteiger partial charge in [-0.3, -0.25) is 0 Å². The van der Waals surface area contributed by atoms with E-state index in [4.69, 9.17) is 0 Å². The van der Waals surface area contributed by atoms with Crippen molar-refractivity contribution in [1.29, 1.82) is 0 Å². The topological polar surface area (TPSA) is 53.1 Å². The molecule has 2 heterocycles. The molecule has 2 rings (SSSR count). The molecule has 0 saturated carbocycles. The molecule has 0 aromatic carbocycles. The van der Waals surface area contributed by atoms with Gasteiger partial charge in [-0.25, -0.2) is 9.97 Å². The van der Waals surface area contributed by atoms with Gasteiger partial charge in [-0.1, -0.05) is 13.8 Å². The fourth-order valence-electron chi connectivity index (χ4n) is 2.35. The Morgan fingerprint density at radius 2 is 2.06 bits per heavy atom. The third kappa shape index (κ3) is 2.72. The summed E-state index contributed by atoms with van der Waals surface area (Å²) in [7, 11) is 0. The van der Waals surface area contributed by atoms with Gasteiger partial charge in [0.1, 0.15) is 18.0 Å². The van der Waals surface area contributed by atoms with Crippen molar-refractivity contribution in [2.75, 3.05) is 42.9 Å². The van der Waals surface area contributed by atoms with Crippen LogP contribution in [0.4, 0.5) is 11.6 Å². The summed E-state index contributed by atoms with van der Waals surface area (Å²) >= 11 is 0. The number of anilines is 2. The van der Waals surface area contributed by atoms with Crippen molar-refractivity contribution in [3.8, 4) is 0 Å². The van der Waals surface area contributed by atoms with Crippen LogP contribution in [0.1, 0.15) is 32.3 Å². The zero-order valence-electron chi connectivity index (χ0n) is 11.5. The molecule has 0 unspecified atom stereocenters. The van der Waals surface area contributed by atoms with Gasteiger partial charge in [0.2, 0.25) is 0 Å². The summed E-state index contributed by atoms with van der Waals surface area (Å²) in [5.41, 5.74) is 1.24. The Kier molecular flexibility index (Phi) is 4.36. The van der Waals surface area contributed by atoms with E-state index in [1.165, 1.54) is 5.56 Å². The summed E-state index contributed by atoms with van der Waals surface area (Å²) in [6, 6.07) is 0. The standard InChI is InChI=1S/C13H23N5/c1-4-15-12-11(10(2)3)13(17-9-16-12)18-7-5-14-6-8-18/h9-10,14H,4-8H2,1-3H3,(H,15,16,17). The van der Waals surface area contributed by atoms with E-state index in [9.17, 15) is 0 Å². The Labute approximate surface area is 109 Å². The zero-order valence-corrected chi connectivity index (χ0v) is 11.5. The number of aromatic nitrogens is 2. The van der Waals surface area contributed by atoms with Gasteiger partial charge in [-0.2, -0.15) is 0 Å². The molecular formula is C13H23N5. The van der Waals surface area contributed by atoms with E-state index in [0.29, 0.717) is 5.92 Å². The van der Waals surface area contributed by atoms with Gasteiger partial charge in [0.05, 0.1) is 0 Å². The van der Waals surface area contributed by atoms with Gasteiger partial charge in [-0.05, 0) is 12.8 Å². The quantitative estimate of drug-likeness (QED) is 0.845. The summed E-state index contributed by atoms with van der Waals surface area (Å²) < 4.78 is 0. The molecule has 1 aliphatic rings. The van der Waals surface area contributed by atoms with Crippen LogP contribution >= 0.6 is 0 Å². The third-order valence-electron chi connectivity index (χ3n) is 3.20. The number of hydrogen-bond acceptors (Lipinski definition) is 5. The van der Waals surface area contributed by atoms with E-state index in [0.717, 1.165) is 44.4 Å². The number of piperazine rings is 1. The van der Waals surface area contributed by atoms with Crippen LogP contribution in [0, 0.1) is 0 Å². The fraction of sp³-hybridized carbons (Fsp3) is 0.692. The Morgan fingerprint density at radius 3 is 2.67 bits per heavy atom. The molecule has 2 N–H and O–H groups in total. The maximum atomic E-state index is 4.51. The molecule has 1 saturated heterocycles. The molecule has 0 aliphatic carbocycles. The molecule has 5 heteroatoms. The predicted octanol–water partition coefficient (Wildman–Crippen LogP) is 1.44. The smallest absolute Gasteiger partial charge is 0.137 e. The summed E-state index contributed by atoms with van der Waals surface area (Å²) in [6.07, 6.45) is 1.67. The van der Waals surface area contributed by atoms with Crippen molar-refractivity contribution in [2.24, 2.45) is 0 Å². The van der Waals surface area contributed by atoms with Crippen LogP contribution in [0.5, 0.6) is 0 Å². The van der Waals surface area contributed by atoms with Crippen LogP contribution in [-0.2, 0) is 0 Å². The van der Waals surface area contributed by atoms with Gasteiger partial charge in [-0.15, -0.1) is 0 Å².